The number of carbonyl (C=O) groups is 2. The minimum Gasteiger partial charge on any atom is -0.461 e. The third-order valence-corrected chi connectivity index (χ3v) is 13.3. The van der Waals surface area contributed by atoms with Gasteiger partial charge in [0.1, 0.15) is 55.0 Å². The third kappa shape index (κ3) is 29.8. The first kappa shape index (κ1) is 76.7. The van der Waals surface area contributed by atoms with Crippen LogP contribution in [-0.2, 0) is 53.3 Å². The summed E-state index contributed by atoms with van der Waals surface area (Å²) in [5, 5.41) is 9.28. The lowest BCUT2D eigenvalue weighted by molar-refractivity contribution is -0.156. The van der Waals surface area contributed by atoms with Crippen molar-refractivity contribution in [1.82, 2.24) is 19.1 Å². The molecule has 0 spiro atoms. The van der Waals surface area contributed by atoms with E-state index in [4.69, 9.17) is 54.8 Å². The molecule has 2 saturated heterocycles. The normalized spacial score (nSPS) is 14.7. The molecule has 5 rings (SSSR count). The largest absolute Gasteiger partial charge is 0.475 e. The lowest BCUT2D eigenvalue weighted by Crippen LogP contribution is -2.33. The molecule has 0 saturated carbocycles. The summed E-state index contributed by atoms with van der Waals surface area (Å²) in [6.07, 6.45) is 9.56. The van der Waals surface area contributed by atoms with Crippen LogP contribution in [-0.4, -0.2) is 68.7 Å². The van der Waals surface area contributed by atoms with E-state index >= 15 is 0 Å². The van der Waals surface area contributed by atoms with Gasteiger partial charge in [0.2, 0.25) is 0 Å². The number of phosphoric acid groups is 1. The molecule has 21 nitrogen and oxygen atoms in total. The third-order valence-electron chi connectivity index (χ3n) is 11.8. The molecule has 0 radical (unpaired) electrons. The van der Waals surface area contributed by atoms with Gasteiger partial charge in [-0.05, 0) is 133 Å². The van der Waals surface area contributed by atoms with E-state index in [2.05, 4.69) is 259 Å². The van der Waals surface area contributed by atoms with E-state index in [1.165, 1.54) is 44.4 Å². The molecule has 2 aromatic heterocycles. The number of ether oxygens (including phenoxy) is 6. The van der Waals surface area contributed by atoms with Crippen LogP contribution >= 0.6 is 7.82 Å². The Kier molecular flexibility index (Phi) is 33.8. The topological polar surface area (TPSA) is 268 Å². The Labute approximate surface area is 581 Å². The number of esters is 2. The lowest BCUT2D eigenvalue weighted by atomic mass is 10.1. The van der Waals surface area contributed by atoms with Gasteiger partial charge in [0, 0.05) is 185 Å². The molecule has 22 heteroatoms. The highest BCUT2D eigenvalue weighted by Gasteiger charge is 2.45. The number of rotatable bonds is 19. The summed E-state index contributed by atoms with van der Waals surface area (Å²) in [6.45, 7) is 3.22. The Bertz CT molecular complexity index is 5430. The van der Waals surface area contributed by atoms with E-state index < -0.39 is 105 Å². The highest BCUT2D eigenvalue weighted by Crippen LogP contribution is 2.54. The molecule has 1 aromatic carbocycles. The monoisotopic (exact) mass is 1350 g/mol. The van der Waals surface area contributed by atoms with Crippen molar-refractivity contribution in [3.8, 4) is 279 Å². The average Bonchev–Trinajstić information content (AvgIpc) is 1.68. The number of aromatic amines is 2. The molecule has 2 aliphatic rings. The van der Waals surface area contributed by atoms with Crippen molar-refractivity contribution in [2.45, 2.75) is 103 Å². The first-order valence-corrected chi connectivity index (χ1v) is 30.2. The maximum atomic E-state index is 14.5. The van der Waals surface area contributed by atoms with Crippen molar-refractivity contribution >= 4 is 19.8 Å². The van der Waals surface area contributed by atoms with Crippen molar-refractivity contribution in [3.05, 3.63) is 89.0 Å². The van der Waals surface area contributed by atoms with E-state index in [9.17, 15) is 38.6 Å². The van der Waals surface area contributed by atoms with Crippen molar-refractivity contribution in [3.63, 3.8) is 0 Å². The zero-order chi connectivity index (χ0) is 72.6. The molecule has 2 fully saturated rings. The van der Waals surface area contributed by atoms with Gasteiger partial charge in [-0.25, -0.2) is 14.2 Å². The number of hydrogen-bond acceptors (Lipinski definition) is 17. The number of terminal acetylenes is 2. The first-order valence-electron chi connectivity index (χ1n) is 28.8. The first-order chi connectivity index (χ1) is 49.1. The molecular formula is C79H42N5O16P. The Morgan fingerprint density at radius 2 is 0.911 bits per heavy atom. The summed E-state index contributed by atoms with van der Waals surface area (Å²) in [5.74, 6) is 96.2. The van der Waals surface area contributed by atoms with Gasteiger partial charge in [-0.15, -0.1) is 12.8 Å². The summed E-state index contributed by atoms with van der Waals surface area (Å²) in [6, 6.07) is 6.20. The standard InChI is InChI=1S/C79H42N5O16P/c1-6-9-11-13-15-17-19-21-23-25-27-29-31-33-35-37-39-41-43-45-51-92-66-54-65(55-67(56-66)93-52-46-44-42-40-38-36-34-32-30-28-26-24-22-20-18-16-14-12-10-7-2)61-94-74(85)48-49-75(86)99-69-57-72(83-59-63(4)76(87)81-78(83)89)98-71(69)62-96-101(91,95-53-47-50-80)100-70-58-73(97-68(70)8-3)84-60-64(5)77(88)82-79(84)90/h1-2,54-56,59-60,68-73H,8,47-49,53,57-58,61-62H2,3-5H3,(H,81,87,89)(H,82,88,90)/t68-,69?,70?,71-,72-,73-,101?/m1/s1. The quantitative estimate of drug-likeness (QED) is 0.0756. The number of aromatic nitrogens is 4. The van der Waals surface area contributed by atoms with Gasteiger partial charge in [-0.3, -0.25) is 51.9 Å². The van der Waals surface area contributed by atoms with Crippen LogP contribution in [0.3, 0.4) is 0 Å². The fraction of sp³-hybridized carbons (Fsp3) is 0.228. The van der Waals surface area contributed by atoms with Crippen LogP contribution in [0.15, 0.2) is 49.8 Å². The van der Waals surface area contributed by atoms with Crippen LogP contribution in [0.2, 0.25) is 0 Å². The van der Waals surface area contributed by atoms with Crippen LogP contribution in [0.4, 0.5) is 0 Å². The van der Waals surface area contributed by atoms with Crippen LogP contribution in [0.1, 0.15) is 74.6 Å². The summed E-state index contributed by atoms with van der Waals surface area (Å²) in [5.41, 5.74) is -2.20. The van der Waals surface area contributed by atoms with E-state index in [1.54, 1.807) is 6.92 Å². The molecule has 0 bridgehead atoms. The van der Waals surface area contributed by atoms with E-state index in [-0.39, 0.29) is 48.5 Å². The van der Waals surface area contributed by atoms with Gasteiger partial charge >= 0.3 is 31.1 Å². The van der Waals surface area contributed by atoms with Crippen molar-refractivity contribution in [2.75, 3.05) is 13.2 Å². The highest BCUT2D eigenvalue weighted by molar-refractivity contribution is 7.48. The van der Waals surface area contributed by atoms with Gasteiger partial charge in [0.25, 0.3) is 11.1 Å². The van der Waals surface area contributed by atoms with Crippen LogP contribution < -0.4 is 32.0 Å². The van der Waals surface area contributed by atoms with Crippen LogP contribution in [0, 0.1) is 287 Å². The minimum absolute atomic E-state index is 0.0618. The molecule has 4 heterocycles. The number of nitrogens with zero attached hydrogens (tertiary/aromatic N) is 3. The smallest absolute Gasteiger partial charge is 0.461 e. The number of carbonyl (C=O) groups excluding carboxylic acids is 2. The molecule has 2 aliphatic heterocycles. The maximum Gasteiger partial charge on any atom is 0.475 e. The molecular weight excluding hydrogens is 1310 g/mol. The molecule has 3 aromatic rings. The summed E-state index contributed by atoms with van der Waals surface area (Å²) in [7, 11) is -4.70. The van der Waals surface area contributed by atoms with Crippen LogP contribution in [0.5, 0.6) is 11.5 Å². The lowest BCUT2D eigenvalue weighted by Gasteiger charge is -2.25. The molecule has 2 N–H and O–H groups in total. The van der Waals surface area contributed by atoms with E-state index in [0.717, 1.165) is 9.13 Å². The number of phosphoric ester groups is 1. The molecule has 7 atom stereocenters. The SMILES string of the molecule is C#CC#CC#CC#CC#CC#CC#CC#CC#CC#CC#COc1cc(COC(=O)CCC(=O)OC2C[C@H](n3cc(C)c(=O)[nH]c3=O)O[C@@H]2COP(=O)(OCCC#N)OC2C[C@H](n3cc(C)c(=O)[nH]c3=O)O[C@@H]2CC)cc(OC#CC#CC#CC#CC#CC#CC#CC#CC#CC#CC#C)c1. The van der Waals surface area contributed by atoms with E-state index in [0.29, 0.717) is 12.0 Å². The second-order valence-electron chi connectivity index (χ2n) is 18.7. The zero-order valence-corrected chi connectivity index (χ0v) is 54.1. The van der Waals surface area contributed by atoms with Gasteiger partial charge in [0.15, 0.2) is 0 Å². The zero-order valence-electron chi connectivity index (χ0n) is 53.2. The fourth-order valence-corrected chi connectivity index (χ4v) is 8.97. The number of nitrogens with one attached hydrogen (secondary N) is 2. The Balaban J connectivity index is 1.26. The minimum atomic E-state index is -4.70. The number of aryl methyl sites for hydroxylation is 2. The van der Waals surface area contributed by atoms with Gasteiger partial charge in [0.05, 0.1) is 50.8 Å². The molecule has 101 heavy (non-hydrogen) atoms. The Hall–Kier alpha value is -15.0. The summed E-state index contributed by atoms with van der Waals surface area (Å²) in [4.78, 5) is 81.4. The van der Waals surface area contributed by atoms with Crippen LogP contribution in [0.25, 0.3) is 0 Å². The number of H-pyrrole nitrogens is 2. The second-order valence-corrected chi connectivity index (χ2v) is 20.3. The van der Waals surface area contributed by atoms with Gasteiger partial charge < -0.3 is 28.4 Å². The predicted molar refractivity (Wildman–Crippen MR) is 364 cm³/mol. The molecule has 484 valence electrons. The maximum absolute atomic E-state index is 14.5. The predicted octanol–water partition coefficient (Wildman–Crippen LogP) is 2.57. The second kappa shape index (κ2) is 44.5. The number of nitriles is 1. The molecule has 0 aliphatic carbocycles. The molecule has 0 amide bonds. The molecule has 3 unspecified atom stereocenters. The summed E-state index contributed by atoms with van der Waals surface area (Å²) < 4.78 is 68.7. The van der Waals surface area contributed by atoms with Crippen molar-refractivity contribution in [2.24, 2.45) is 0 Å². The number of hydrogen-bond donors (Lipinski definition) is 2. The van der Waals surface area contributed by atoms with Crippen molar-refractivity contribution in [1.29, 1.82) is 5.26 Å². The van der Waals surface area contributed by atoms with E-state index in [1.807, 2.05) is 6.07 Å². The Morgan fingerprint density at radius 3 is 1.31 bits per heavy atom. The van der Waals surface area contributed by atoms with Gasteiger partial charge in [-0.1, -0.05) is 6.92 Å². The van der Waals surface area contributed by atoms with Crippen molar-refractivity contribution < 1.29 is 56.1 Å². The summed E-state index contributed by atoms with van der Waals surface area (Å²) >= 11 is 0. The fourth-order valence-electron chi connectivity index (χ4n) is 7.58. The van der Waals surface area contributed by atoms with Gasteiger partial charge in [-0.2, -0.15) is 5.26 Å². The average molecular weight is 1350 g/mol. The highest BCUT2D eigenvalue weighted by atomic mass is 31.2. The Morgan fingerprint density at radius 1 is 0.535 bits per heavy atom. The number of benzene rings is 1.